The second kappa shape index (κ2) is 7.27. The minimum Gasteiger partial charge on any atom is -0.267 e. The topological polar surface area (TPSA) is 64.0 Å². The Morgan fingerprint density at radius 1 is 1.19 bits per heavy atom. The smallest absolute Gasteiger partial charge is 0.267 e. The Balaban J connectivity index is 1.78. The van der Waals surface area contributed by atoms with Gasteiger partial charge in [0.1, 0.15) is 0 Å². The second-order valence-electron chi connectivity index (χ2n) is 6.87. The standard InChI is InChI=1S/C18H22F3N3O2S/c1-12-7-8-13(2)16(11-12)27(25,26)22-9-10-24-15-6-4-3-5-14(15)17(23-24)18(19,20)21/h7-8,11,22H,3-6,9-10H2,1-2H3. The molecule has 0 saturated carbocycles. The lowest BCUT2D eigenvalue weighted by Gasteiger charge is -2.15. The van der Waals surface area contributed by atoms with Crippen LogP contribution >= 0.6 is 0 Å². The molecule has 0 bridgehead atoms. The first-order chi connectivity index (χ1) is 12.6. The highest BCUT2D eigenvalue weighted by atomic mass is 32.2. The zero-order valence-corrected chi connectivity index (χ0v) is 16.0. The van der Waals surface area contributed by atoms with Gasteiger partial charge in [-0.15, -0.1) is 0 Å². The number of benzene rings is 1. The molecule has 1 aromatic carbocycles. The largest absolute Gasteiger partial charge is 0.435 e. The Labute approximate surface area is 156 Å². The molecule has 0 aliphatic heterocycles. The summed E-state index contributed by atoms with van der Waals surface area (Å²) < 4.78 is 68.5. The van der Waals surface area contributed by atoms with Gasteiger partial charge in [-0.2, -0.15) is 18.3 Å². The molecule has 0 amide bonds. The van der Waals surface area contributed by atoms with Gasteiger partial charge in [-0.25, -0.2) is 13.1 Å². The van der Waals surface area contributed by atoms with Crippen molar-refractivity contribution in [3.63, 3.8) is 0 Å². The predicted molar refractivity (Wildman–Crippen MR) is 95.0 cm³/mol. The van der Waals surface area contributed by atoms with E-state index in [4.69, 9.17) is 0 Å². The van der Waals surface area contributed by atoms with Crippen LogP contribution in [0.3, 0.4) is 0 Å². The van der Waals surface area contributed by atoms with Crippen molar-refractivity contribution in [1.29, 1.82) is 0 Å². The van der Waals surface area contributed by atoms with Gasteiger partial charge >= 0.3 is 6.18 Å². The number of hydrogen-bond acceptors (Lipinski definition) is 3. The highest BCUT2D eigenvalue weighted by Crippen LogP contribution is 2.35. The van der Waals surface area contributed by atoms with Crippen LogP contribution in [0.1, 0.15) is 40.9 Å². The molecule has 0 spiro atoms. The zero-order valence-electron chi connectivity index (χ0n) is 15.2. The van der Waals surface area contributed by atoms with Crippen molar-refractivity contribution in [2.24, 2.45) is 0 Å². The van der Waals surface area contributed by atoms with Gasteiger partial charge in [-0.3, -0.25) is 4.68 Å². The van der Waals surface area contributed by atoms with E-state index in [2.05, 4.69) is 9.82 Å². The van der Waals surface area contributed by atoms with E-state index in [1.165, 1.54) is 4.68 Å². The molecule has 2 aromatic rings. The van der Waals surface area contributed by atoms with Crippen molar-refractivity contribution in [1.82, 2.24) is 14.5 Å². The number of rotatable bonds is 5. The van der Waals surface area contributed by atoms with Crippen LogP contribution in [-0.4, -0.2) is 24.7 Å². The van der Waals surface area contributed by atoms with Gasteiger partial charge in [0.05, 0.1) is 11.4 Å². The van der Waals surface area contributed by atoms with Crippen molar-refractivity contribution in [3.8, 4) is 0 Å². The molecule has 0 radical (unpaired) electrons. The SMILES string of the molecule is Cc1ccc(C)c(S(=O)(=O)NCCn2nc(C(F)(F)F)c3c2CCCC3)c1. The average molecular weight is 401 g/mol. The van der Waals surface area contributed by atoms with E-state index in [1.807, 2.05) is 6.07 Å². The third-order valence-electron chi connectivity index (χ3n) is 4.77. The lowest BCUT2D eigenvalue weighted by atomic mass is 9.95. The molecule has 0 atom stereocenters. The van der Waals surface area contributed by atoms with E-state index in [0.29, 0.717) is 30.5 Å². The third-order valence-corrected chi connectivity index (χ3v) is 6.38. The summed E-state index contributed by atoms with van der Waals surface area (Å²) in [6.45, 7) is 3.53. The van der Waals surface area contributed by atoms with E-state index in [9.17, 15) is 21.6 Å². The van der Waals surface area contributed by atoms with Crippen molar-refractivity contribution >= 4 is 10.0 Å². The molecule has 1 aliphatic carbocycles. The minimum absolute atomic E-state index is 0.0267. The first kappa shape index (κ1) is 19.9. The van der Waals surface area contributed by atoms with Gasteiger partial charge in [0.25, 0.3) is 0 Å². The second-order valence-corrected chi connectivity index (χ2v) is 8.60. The Morgan fingerprint density at radius 2 is 1.89 bits per heavy atom. The minimum atomic E-state index is -4.50. The van der Waals surface area contributed by atoms with Crippen molar-refractivity contribution in [2.45, 2.75) is 57.1 Å². The summed E-state index contributed by atoms with van der Waals surface area (Å²) in [4.78, 5) is 0.181. The Kier molecular flexibility index (Phi) is 5.36. The summed E-state index contributed by atoms with van der Waals surface area (Å²) in [5, 5.41) is 3.74. The fraction of sp³-hybridized carbons (Fsp3) is 0.500. The molecule has 3 rings (SSSR count). The van der Waals surface area contributed by atoms with Crippen LogP contribution in [0.2, 0.25) is 0 Å². The lowest BCUT2D eigenvalue weighted by Crippen LogP contribution is -2.29. The molecule has 1 aliphatic rings. The summed E-state index contributed by atoms with van der Waals surface area (Å²) in [5.74, 6) is 0. The van der Waals surface area contributed by atoms with E-state index in [1.54, 1.807) is 26.0 Å². The van der Waals surface area contributed by atoms with E-state index < -0.39 is 21.9 Å². The lowest BCUT2D eigenvalue weighted by molar-refractivity contribution is -0.142. The number of nitrogens with one attached hydrogen (secondary N) is 1. The molecular formula is C18H22F3N3O2S. The van der Waals surface area contributed by atoms with Gasteiger partial charge in [0, 0.05) is 17.8 Å². The van der Waals surface area contributed by atoms with Crippen LogP contribution in [0.4, 0.5) is 13.2 Å². The monoisotopic (exact) mass is 401 g/mol. The average Bonchev–Trinajstić information content (AvgIpc) is 2.96. The van der Waals surface area contributed by atoms with E-state index in [-0.39, 0.29) is 23.5 Å². The number of aryl methyl sites for hydroxylation is 2. The fourth-order valence-corrected chi connectivity index (χ4v) is 4.79. The fourth-order valence-electron chi connectivity index (χ4n) is 3.44. The summed E-state index contributed by atoms with van der Waals surface area (Å²) >= 11 is 0. The number of alkyl halides is 3. The molecule has 27 heavy (non-hydrogen) atoms. The molecule has 148 valence electrons. The number of aromatic nitrogens is 2. The van der Waals surface area contributed by atoms with Crippen LogP contribution in [0.5, 0.6) is 0 Å². The first-order valence-electron chi connectivity index (χ1n) is 8.82. The van der Waals surface area contributed by atoms with Crippen molar-refractivity contribution in [2.75, 3.05) is 6.54 Å². The molecule has 0 fully saturated rings. The zero-order chi connectivity index (χ0) is 19.8. The molecule has 1 N–H and O–H groups in total. The number of fused-ring (bicyclic) bond motifs is 1. The molecule has 5 nitrogen and oxygen atoms in total. The number of nitrogens with zero attached hydrogens (tertiary/aromatic N) is 2. The van der Waals surface area contributed by atoms with Crippen LogP contribution in [0.15, 0.2) is 23.1 Å². The highest BCUT2D eigenvalue weighted by Gasteiger charge is 2.39. The Bertz CT molecular complexity index is 949. The maximum absolute atomic E-state index is 13.2. The third kappa shape index (κ3) is 4.19. The first-order valence-corrected chi connectivity index (χ1v) is 10.3. The normalized spacial score (nSPS) is 15.0. The highest BCUT2D eigenvalue weighted by molar-refractivity contribution is 7.89. The van der Waals surface area contributed by atoms with Crippen LogP contribution in [-0.2, 0) is 35.6 Å². The van der Waals surface area contributed by atoms with Gasteiger partial charge in [-0.1, -0.05) is 12.1 Å². The van der Waals surface area contributed by atoms with E-state index >= 15 is 0 Å². The maximum atomic E-state index is 13.2. The van der Waals surface area contributed by atoms with Gasteiger partial charge < -0.3 is 0 Å². The Morgan fingerprint density at radius 3 is 2.59 bits per heavy atom. The summed E-state index contributed by atoms with van der Waals surface area (Å²) in [6.07, 6.45) is -2.09. The van der Waals surface area contributed by atoms with Crippen molar-refractivity contribution in [3.05, 3.63) is 46.3 Å². The molecule has 9 heteroatoms. The molecule has 0 unspecified atom stereocenters. The van der Waals surface area contributed by atoms with Gasteiger partial charge in [0.2, 0.25) is 10.0 Å². The predicted octanol–water partition coefficient (Wildman–Crippen LogP) is 3.38. The maximum Gasteiger partial charge on any atom is 0.435 e. The molecule has 0 saturated heterocycles. The van der Waals surface area contributed by atoms with E-state index in [0.717, 1.165) is 12.0 Å². The summed E-state index contributed by atoms with van der Waals surface area (Å²) in [5.41, 5.74) is 1.42. The van der Waals surface area contributed by atoms with Crippen LogP contribution < -0.4 is 4.72 Å². The number of hydrogen-bond donors (Lipinski definition) is 1. The summed E-state index contributed by atoms with van der Waals surface area (Å²) in [7, 11) is -3.74. The van der Waals surface area contributed by atoms with Gasteiger partial charge in [0.15, 0.2) is 5.69 Å². The van der Waals surface area contributed by atoms with Crippen LogP contribution in [0, 0.1) is 13.8 Å². The van der Waals surface area contributed by atoms with Gasteiger partial charge in [-0.05, 0) is 56.7 Å². The molecule has 1 heterocycles. The quantitative estimate of drug-likeness (QED) is 0.836. The Hall–Kier alpha value is -1.87. The van der Waals surface area contributed by atoms with Crippen LogP contribution in [0.25, 0.3) is 0 Å². The molecular weight excluding hydrogens is 379 g/mol. The molecule has 1 aromatic heterocycles. The number of halogens is 3. The van der Waals surface area contributed by atoms with Crippen molar-refractivity contribution < 1.29 is 21.6 Å². The number of sulfonamides is 1. The summed E-state index contributed by atoms with van der Waals surface area (Å²) in [6, 6.07) is 5.13.